The fourth-order valence-electron chi connectivity index (χ4n) is 4.31. The molecule has 28 heavy (non-hydrogen) atoms. The minimum Gasteiger partial charge on any atom is -0.368 e. The average Bonchev–Trinajstić information content (AvgIpc) is 3.36. The summed E-state index contributed by atoms with van der Waals surface area (Å²) in [4.78, 5) is 4.98. The Balaban J connectivity index is 1.21. The third kappa shape index (κ3) is 3.34. The number of nitrogens with zero attached hydrogens (tertiary/aromatic N) is 6. The number of hydrogen-bond donors (Lipinski definition) is 2. The maximum absolute atomic E-state index is 4.48. The molecular formula is C20H26N8. The molecule has 0 radical (unpaired) electrons. The number of anilines is 1. The monoisotopic (exact) mass is 378 g/mol. The highest BCUT2D eigenvalue weighted by molar-refractivity contribution is 5.54. The highest BCUT2D eigenvalue weighted by Gasteiger charge is 2.30. The van der Waals surface area contributed by atoms with E-state index in [4.69, 9.17) is 0 Å². The van der Waals surface area contributed by atoms with Gasteiger partial charge >= 0.3 is 0 Å². The van der Waals surface area contributed by atoms with E-state index < -0.39 is 0 Å². The molecule has 1 aromatic carbocycles. The van der Waals surface area contributed by atoms with Crippen molar-refractivity contribution in [2.75, 3.05) is 44.2 Å². The van der Waals surface area contributed by atoms with E-state index in [1.165, 1.54) is 5.56 Å². The smallest absolute Gasteiger partial charge is 0.179 e. The number of hydrazine groups is 1. The molecule has 146 valence electrons. The second-order valence-electron chi connectivity index (χ2n) is 7.69. The van der Waals surface area contributed by atoms with E-state index in [0.717, 1.165) is 56.4 Å². The molecule has 0 bridgehead atoms. The molecular weight excluding hydrogens is 352 g/mol. The van der Waals surface area contributed by atoms with Crippen molar-refractivity contribution in [3.8, 4) is 0 Å². The maximum atomic E-state index is 4.48. The number of aryl methyl sites for hydroxylation is 1. The van der Waals surface area contributed by atoms with Crippen molar-refractivity contribution in [3.05, 3.63) is 54.0 Å². The van der Waals surface area contributed by atoms with Crippen LogP contribution in [-0.4, -0.2) is 64.0 Å². The van der Waals surface area contributed by atoms with Gasteiger partial charge in [0.05, 0.1) is 17.9 Å². The van der Waals surface area contributed by atoms with Gasteiger partial charge in [-0.2, -0.15) is 9.61 Å². The molecule has 2 atom stereocenters. The van der Waals surface area contributed by atoms with Gasteiger partial charge in [0.25, 0.3) is 0 Å². The minimum absolute atomic E-state index is 0.377. The molecule has 2 aliphatic heterocycles. The molecule has 2 aromatic heterocycles. The van der Waals surface area contributed by atoms with Crippen LogP contribution in [0, 0.1) is 12.8 Å². The zero-order valence-corrected chi connectivity index (χ0v) is 16.1. The fraction of sp³-hybridized carbons (Fsp3) is 0.450. The average molecular weight is 378 g/mol. The molecule has 0 aliphatic carbocycles. The molecule has 5 rings (SSSR count). The second-order valence-corrected chi connectivity index (χ2v) is 7.69. The summed E-state index contributed by atoms with van der Waals surface area (Å²) in [6.07, 6.45) is 1.93. The van der Waals surface area contributed by atoms with Gasteiger partial charge in [-0.3, -0.25) is 10.3 Å². The lowest BCUT2D eigenvalue weighted by Crippen LogP contribution is -2.48. The van der Waals surface area contributed by atoms with Gasteiger partial charge < -0.3 is 4.90 Å². The van der Waals surface area contributed by atoms with Crippen molar-refractivity contribution in [1.82, 2.24) is 35.6 Å². The van der Waals surface area contributed by atoms with Crippen molar-refractivity contribution >= 4 is 11.3 Å². The molecule has 8 heteroatoms. The SMILES string of the molecule is Cc1nnc2cc(N3CCN(CC4CNNC4c4ccccc4)CC3)cnn12. The molecule has 4 heterocycles. The van der Waals surface area contributed by atoms with Gasteiger partial charge in [-0.15, -0.1) is 10.2 Å². The fourth-order valence-corrected chi connectivity index (χ4v) is 4.31. The number of hydrogen-bond acceptors (Lipinski definition) is 7. The van der Waals surface area contributed by atoms with Crippen LogP contribution in [0.5, 0.6) is 0 Å². The molecule has 2 saturated heterocycles. The lowest BCUT2D eigenvalue weighted by atomic mass is 9.94. The Kier molecular flexibility index (Phi) is 4.67. The van der Waals surface area contributed by atoms with E-state index in [2.05, 4.69) is 72.3 Å². The first-order chi connectivity index (χ1) is 13.8. The van der Waals surface area contributed by atoms with Crippen molar-refractivity contribution < 1.29 is 0 Å². The normalized spacial score (nSPS) is 23.5. The van der Waals surface area contributed by atoms with Gasteiger partial charge in [0.2, 0.25) is 0 Å². The summed E-state index contributed by atoms with van der Waals surface area (Å²) in [5.41, 5.74) is 10.1. The zero-order chi connectivity index (χ0) is 18.9. The van der Waals surface area contributed by atoms with Crippen LogP contribution in [0.2, 0.25) is 0 Å². The second kappa shape index (κ2) is 7.46. The van der Waals surface area contributed by atoms with Crippen LogP contribution in [0.1, 0.15) is 17.4 Å². The summed E-state index contributed by atoms with van der Waals surface area (Å²) >= 11 is 0. The number of fused-ring (bicyclic) bond motifs is 1. The van der Waals surface area contributed by atoms with E-state index in [0.29, 0.717) is 12.0 Å². The number of aromatic nitrogens is 4. The van der Waals surface area contributed by atoms with E-state index in [9.17, 15) is 0 Å². The molecule has 0 spiro atoms. The summed E-state index contributed by atoms with van der Waals surface area (Å²) < 4.78 is 1.78. The van der Waals surface area contributed by atoms with Gasteiger partial charge in [-0.1, -0.05) is 30.3 Å². The Morgan fingerprint density at radius 3 is 2.71 bits per heavy atom. The van der Waals surface area contributed by atoms with E-state index in [1.54, 1.807) is 4.52 Å². The summed E-state index contributed by atoms with van der Waals surface area (Å²) in [6.45, 7) is 8.18. The highest BCUT2D eigenvalue weighted by Crippen LogP contribution is 2.26. The third-order valence-electron chi connectivity index (χ3n) is 5.89. The van der Waals surface area contributed by atoms with Crippen molar-refractivity contribution in [1.29, 1.82) is 0 Å². The molecule has 8 nitrogen and oxygen atoms in total. The minimum atomic E-state index is 0.377. The third-order valence-corrected chi connectivity index (χ3v) is 5.89. The van der Waals surface area contributed by atoms with Crippen LogP contribution in [0.4, 0.5) is 5.69 Å². The Morgan fingerprint density at radius 1 is 1.07 bits per heavy atom. The van der Waals surface area contributed by atoms with Crippen molar-refractivity contribution in [2.45, 2.75) is 13.0 Å². The highest BCUT2D eigenvalue weighted by atomic mass is 15.4. The Hall–Kier alpha value is -2.55. The summed E-state index contributed by atoms with van der Waals surface area (Å²) in [7, 11) is 0. The molecule has 0 saturated carbocycles. The van der Waals surface area contributed by atoms with Gasteiger partial charge in [0.1, 0.15) is 0 Å². The van der Waals surface area contributed by atoms with Crippen molar-refractivity contribution in [3.63, 3.8) is 0 Å². The number of piperazine rings is 1. The summed E-state index contributed by atoms with van der Waals surface area (Å²) in [6, 6.07) is 13.2. The van der Waals surface area contributed by atoms with Crippen LogP contribution in [0.25, 0.3) is 5.65 Å². The first-order valence-electron chi connectivity index (χ1n) is 9.96. The lowest BCUT2D eigenvalue weighted by Gasteiger charge is -2.37. The first-order valence-corrected chi connectivity index (χ1v) is 9.96. The summed E-state index contributed by atoms with van der Waals surface area (Å²) in [5.74, 6) is 1.39. The maximum Gasteiger partial charge on any atom is 0.179 e. The number of nitrogens with one attached hydrogen (secondary N) is 2. The Morgan fingerprint density at radius 2 is 1.89 bits per heavy atom. The molecule has 2 aliphatic rings. The van der Waals surface area contributed by atoms with Crippen molar-refractivity contribution in [2.24, 2.45) is 5.92 Å². The topological polar surface area (TPSA) is 73.6 Å². The number of rotatable bonds is 4. The summed E-state index contributed by atoms with van der Waals surface area (Å²) in [5, 5.41) is 12.8. The number of benzene rings is 1. The molecule has 2 fully saturated rings. The van der Waals surface area contributed by atoms with E-state index in [-0.39, 0.29) is 0 Å². The quantitative estimate of drug-likeness (QED) is 0.702. The zero-order valence-electron chi connectivity index (χ0n) is 16.1. The Bertz CT molecular complexity index is 932. The molecule has 2 unspecified atom stereocenters. The van der Waals surface area contributed by atoms with Crippen LogP contribution < -0.4 is 15.8 Å². The predicted molar refractivity (Wildman–Crippen MR) is 108 cm³/mol. The largest absolute Gasteiger partial charge is 0.368 e. The predicted octanol–water partition coefficient (Wildman–Crippen LogP) is 1.02. The van der Waals surface area contributed by atoms with Crippen LogP contribution in [-0.2, 0) is 0 Å². The standard InChI is InChI=1S/C20H26N8/c1-15-23-24-19-11-18(13-22-28(15)19)27-9-7-26(8-10-27)14-17-12-21-25-20(17)16-5-3-2-4-6-16/h2-6,11,13,17,20-21,25H,7-10,12,14H2,1H3. The van der Waals surface area contributed by atoms with Gasteiger partial charge in [-0.05, 0) is 12.5 Å². The van der Waals surface area contributed by atoms with Crippen LogP contribution in [0.15, 0.2) is 42.6 Å². The lowest BCUT2D eigenvalue weighted by molar-refractivity contribution is 0.214. The van der Waals surface area contributed by atoms with E-state index >= 15 is 0 Å². The molecule has 2 N–H and O–H groups in total. The molecule has 3 aromatic rings. The van der Waals surface area contributed by atoms with Crippen LogP contribution in [0.3, 0.4) is 0 Å². The van der Waals surface area contributed by atoms with Gasteiger partial charge in [0, 0.05) is 51.3 Å². The van der Waals surface area contributed by atoms with Gasteiger partial charge in [0.15, 0.2) is 11.5 Å². The van der Waals surface area contributed by atoms with E-state index in [1.807, 2.05) is 13.1 Å². The Labute approximate surface area is 164 Å². The van der Waals surface area contributed by atoms with Gasteiger partial charge in [-0.25, -0.2) is 5.43 Å². The first kappa shape index (κ1) is 17.5. The molecule has 0 amide bonds. The van der Waals surface area contributed by atoms with Crippen LogP contribution >= 0.6 is 0 Å².